The topological polar surface area (TPSA) is 42.0 Å². The highest BCUT2D eigenvalue weighted by Crippen LogP contribution is 2.24. The van der Waals surface area contributed by atoms with E-state index in [4.69, 9.17) is 9.47 Å². The van der Waals surface area contributed by atoms with Crippen molar-refractivity contribution in [1.29, 1.82) is 0 Å². The third-order valence-electron chi connectivity index (χ3n) is 5.21. The molecule has 2 heterocycles. The van der Waals surface area contributed by atoms with E-state index in [0.717, 1.165) is 37.4 Å². The van der Waals surface area contributed by atoms with Crippen molar-refractivity contribution in [2.45, 2.75) is 37.8 Å². The molecule has 1 aromatic carbocycles. The van der Waals surface area contributed by atoms with Gasteiger partial charge < -0.3 is 19.3 Å². The quantitative estimate of drug-likeness (QED) is 0.798. The van der Waals surface area contributed by atoms with Crippen molar-refractivity contribution in [3.8, 4) is 5.75 Å². The maximum absolute atomic E-state index is 12.8. The molecule has 2 aliphatic rings. The minimum absolute atomic E-state index is 0.164. The second-order valence-corrected chi connectivity index (χ2v) is 6.83. The van der Waals surface area contributed by atoms with E-state index in [-0.39, 0.29) is 18.1 Å². The molecule has 0 N–H and O–H groups in total. The zero-order chi connectivity index (χ0) is 16.9. The second kappa shape index (κ2) is 7.99. The summed E-state index contributed by atoms with van der Waals surface area (Å²) < 4.78 is 10.7. The van der Waals surface area contributed by atoms with Gasteiger partial charge in [0.25, 0.3) is 0 Å². The van der Waals surface area contributed by atoms with Crippen molar-refractivity contribution in [3.63, 3.8) is 0 Å². The van der Waals surface area contributed by atoms with Crippen molar-refractivity contribution in [3.05, 3.63) is 29.8 Å². The third-order valence-corrected chi connectivity index (χ3v) is 5.21. The first kappa shape index (κ1) is 17.2. The van der Waals surface area contributed by atoms with E-state index >= 15 is 0 Å². The SMILES string of the molecule is COc1ccc(CC(=O)N2C[C@@H](OC)C[C@H]2CN2CCCC2)cc1. The summed E-state index contributed by atoms with van der Waals surface area (Å²) in [4.78, 5) is 17.4. The number of ether oxygens (including phenoxy) is 2. The molecule has 0 unspecified atom stereocenters. The molecular weight excluding hydrogens is 304 g/mol. The van der Waals surface area contributed by atoms with Gasteiger partial charge in [0.1, 0.15) is 5.75 Å². The van der Waals surface area contributed by atoms with Crippen molar-refractivity contribution in [1.82, 2.24) is 9.80 Å². The highest BCUT2D eigenvalue weighted by atomic mass is 16.5. The second-order valence-electron chi connectivity index (χ2n) is 6.83. The number of nitrogens with zero attached hydrogens (tertiary/aromatic N) is 2. The van der Waals surface area contributed by atoms with Crippen molar-refractivity contribution >= 4 is 5.91 Å². The van der Waals surface area contributed by atoms with Crippen LogP contribution >= 0.6 is 0 Å². The van der Waals surface area contributed by atoms with Crippen LogP contribution in [0, 0.1) is 0 Å². The van der Waals surface area contributed by atoms with Crippen LogP contribution in [0.15, 0.2) is 24.3 Å². The van der Waals surface area contributed by atoms with Crippen LogP contribution in [-0.2, 0) is 16.0 Å². The van der Waals surface area contributed by atoms with Gasteiger partial charge in [-0.05, 0) is 50.0 Å². The summed E-state index contributed by atoms with van der Waals surface area (Å²) in [6.45, 7) is 4.02. The minimum atomic E-state index is 0.164. The Morgan fingerprint density at radius 3 is 2.50 bits per heavy atom. The number of hydrogen-bond acceptors (Lipinski definition) is 4. The van der Waals surface area contributed by atoms with Crippen LogP contribution in [0.25, 0.3) is 0 Å². The predicted octanol–water partition coefficient (Wildman–Crippen LogP) is 1.95. The van der Waals surface area contributed by atoms with Crippen LogP contribution in [0.5, 0.6) is 5.75 Å². The monoisotopic (exact) mass is 332 g/mol. The molecular formula is C19H28N2O3. The Bertz CT molecular complexity index is 540. The van der Waals surface area contributed by atoms with E-state index in [1.54, 1.807) is 14.2 Å². The van der Waals surface area contributed by atoms with Gasteiger partial charge in [0.2, 0.25) is 5.91 Å². The van der Waals surface area contributed by atoms with Crippen LogP contribution in [0.1, 0.15) is 24.8 Å². The molecule has 5 nitrogen and oxygen atoms in total. The van der Waals surface area contributed by atoms with Gasteiger partial charge in [-0.15, -0.1) is 0 Å². The first-order chi connectivity index (χ1) is 11.7. The molecule has 2 aliphatic heterocycles. The number of carbonyl (C=O) groups is 1. The normalized spacial score (nSPS) is 24.5. The summed E-state index contributed by atoms with van der Waals surface area (Å²) in [5.74, 6) is 1.02. The average Bonchev–Trinajstić information content (AvgIpc) is 3.25. The standard InChI is InChI=1S/C19H28N2O3/c1-23-17-7-5-15(6-8-17)11-19(22)21-14-18(24-2)12-16(21)13-20-9-3-4-10-20/h5-8,16,18H,3-4,9-14H2,1-2H3/t16-,18-/m0/s1. The lowest BCUT2D eigenvalue weighted by molar-refractivity contribution is -0.131. The lowest BCUT2D eigenvalue weighted by Gasteiger charge is -2.28. The van der Waals surface area contributed by atoms with Gasteiger partial charge in [0.05, 0.1) is 19.6 Å². The Morgan fingerprint density at radius 1 is 1.17 bits per heavy atom. The summed E-state index contributed by atoms with van der Waals surface area (Å²) in [5, 5.41) is 0. The summed E-state index contributed by atoms with van der Waals surface area (Å²) in [5.41, 5.74) is 1.03. The lowest BCUT2D eigenvalue weighted by Crippen LogP contribution is -2.43. The van der Waals surface area contributed by atoms with Crippen LogP contribution < -0.4 is 4.74 Å². The molecule has 3 rings (SSSR count). The first-order valence-corrected chi connectivity index (χ1v) is 8.87. The molecule has 24 heavy (non-hydrogen) atoms. The largest absolute Gasteiger partial charge is 0.497 e. The number of amides is 1. The average molecular weight is 332 g/mol. The summed E-state index contributed by atoms with van der Waals surface area (Å²) in [6, 6.07) is 8.03. The molecule has 1 aromatic rings. The zero-order valence-corrected chi connectivity index (χ0v) is 14.7. The van der Waals surface area contributed by atoms with Gasteiger partial charge in [-0.1, -0.05) is 12.1 Å². The summed E-state index contributed by atoms with van der Waals surface area (Å²) in [6.07, 6.45) is 4.11. The third kappa shape index (κ3) is 4.08. The molecule has 0 radical (unpaired) electrons. The Kier molecular flexibility index (Phi) is 5.74. The van der Waals surface area contributed by atoms with Crippen molar-refractivity contribution < 1.29 is 14.3 Å². The fourth-order valence-electron chi connectivity index (χ4n) is 3.81. The van der Waals surface area contributed by atoms with Crippen LogP contribution in [-0.4, -0.2) is 68.3 Å². The molecule has 5 heteroatoms. The highest BCUT2D eigenvalue weighted by molar-refractivity contribution is 5.79. The van der Waals surface area contributed by atoms with Crippen LogP contribution in [0.2, 0.25) is 0 Å². The van der Waals surface area contributed by atoms with Crippen molar-refractivity contribution in [2.24, 2.45) is 0 Å². The Balaban J connectivity index is 1.63. The van der Waals surface area contributed by atoms with Gasteiger partial charge in [-0.25, -0.2) is 0 Å². The molecule has 2 saturated heterocycles. The Hall–Kier alpha value is -1.59. The molecule has 0 spiro atoms. The number of likely N-dealkylation sites (tertiary alicyclic amines) is 2. The van der Waals surface area contributed by atoms with E-state index < -0.39 is 0 Å². The molecule has 0 saturated carbocycles. The first-order valence-electron chi connectivity index (χ1n) is 8.87. The highest BCUT2D eigenvalue weighted by Gasteiger charge is 2.36. The van der Waals surface area contributed by atoms with E-state index in [1.807, 2.05) is 29.2 Å². The Morgan fingerprint density at radius 2 is 1.88 bits per heavy atom. The van der Waals surface area contributed by atoms with Gasteiger partial charge in [-0.3, -0.25) is 4.79 Å². The lowest BCUT2D eigenvalue weighted by atomic mass is 10.1. The number of hydrogen-bond donors (Lipinski definition) is 0. The van der Waals surface area contributed by atoms with E-state index in [1.165, 1.54) is 12.8 Å². The number of rotatable bonds is 6. The fraction of sp³-hybridized carbons (Fsp3) is 0.632. The van der Waals surface area contributed by atoms with Gasteiger partial charge >= 0.3 is 0 Å². The number of benzene rings is 1. The van der Waals surface area contributed by atoms with Gasteiger partial charge in [0, 0.05) is 26.2 Å². The molecule has 0 bridgehead atoms. The van der Waals surface area contributed by atoms with E-state index in [0.29, 0.717) is 13.0 Å². The Labute approximate surface area is 144 Å². The number of methoxy groups -OCH3 is 2. The predicted molar refractivity (Wildman–Crippen MR) is 93.3 cm³/mol. The molecule has 1 amide bonds. The maximum Gasteiger partial charge on any atom is 0.227 e. The molecule has 2 fully saturated rings. The maximum atomic E-state index is 12.8. The van der Waals surface area contributed by atoms with Crippen LogP contribution in [0.4, 0.5) is 0 Å². The molecule has 0 aromatic heterocycles. The number of carbonyl (C=O) groups excluding carboxylic acids is 1. The summed E-state index contributed by atoms with van der Waals surface area (Å²) in [7, 11) is 3.40. The van der Waals surface area contributed by atoms with Gasteiger partial charge in [-0.2, -0.15) is 0 Å². The van der Waals surface area contributed by atoms with Crippen molar-refractivity contribution in [2.75, 3.05) is 40.4 Å². The van der Waals surface area contributed by atoms with Crippen LogP contribution in [0.3, 0.4) is 0 Å². The smallest absolute Gasteiger partial charge is 0.227 e. The molecule has 132 valence electrons. The summed E-state index contributed by atoms with van der Waals surface area (Å²) >= 11 is 0. The molecule has 0 aliphatic carbocycles. The molecule has 2 atom stereocenters. The zero-order valence-electron chi connectivity index (χ0n) is 14.7. The fourth-order valence-corrected chi connectivity index (χ4v) is 3.81. The van der Waals surface area contributed by atoms with Gasteiger partial charge in [0.15, 0.2) is 0 Å². The van der Waals surface area contributed by atoms with E-state index in [9.17, 15) is 4.79 Å². The van der Waals surface area contributed by atoms with E-state index in [2.05, 4.69) is 4.90 Å². The minimum Gasteiger partial charge on any atom is -0.497 e.